The Kier molecular flexibility index (Phi) is 5.58. The van der Waals surface area contributed by atoms with Crippen molar-refractivity contribution in [3.8, 4) is 0 Å². The average Bonchev–Trinajstić information content (AvgIpc) is 2.74. The highest BCUT2D eigenvalue weighted by atomic mass is 35.5. The molecule has 1 atom stereocenters. The number of aromatic nitrogens is 1. The number of nitrogens with zero attached hydrogens (tertiary/aromatic N) is 2. The van der Waals surface area contributed by atoms with E-state index in [4.69, 9.17) is 11.6 Å². The summed E-state index contributed by atoms with van der Waals surface area (Å²) >= 11 is 6.07. The third-order valence-corrected chi connectivity index (χ3v) is 5.29. The number of hydrogen-bond donors (Lipinski definition) is 1. The number of fused-ring (bicyclic) bond motifs is 1. The number of carbonyl (C=O) groups excluding carboxylic acids is 1. The van der Waals surface area contributed by atoms with Crippen molar-refractivity contribution in [2.45, 2.75) is 18.6 Å². The topological polar surface area (TPSA) is 45.2 Å². The Morgan fingerprint density at radius 1 is 1.03 bits per heavy atom. The minimum absolute atomic E-state index is 0.219. The zero-order chi connectivity index (χ0) is 22.2. The lowest BCUT2D eigenvalue weighted by atomic mass is 9.92. The maximum Gasteiger partial charge on any atom is 0.416 e. The lowest BCUT2D eigenvalue weighted by Gasteiger charge is -2.37. The number of anilines is 1. The van der Waals surface area contributed by atoms with Crippen LogP contribution in [0.1, 0.15) is 28.4 Å². The molecule has 9 heteroatoms. The van der Waals surface area contributed by atoms with Crippen molar-refractivity contribution < 1.29 is 22.4 Å². The van der Waals surface area contributed by atoms with Crippen molar-refractivity contribution >= 4 is 23.3 Å². The van der Waals surface area contributed by atoms with Crippen molar-refractivity contribution in [3.05, 3.63) is 94.0 Å². The van der Waals surface area contributed by atoms with Gasteiger partial charge in [-0.1, -0.05) is 29.8 Å². The van der Waals surface area contributed by atoms with E-state index in [1.54, 1.807) is 12.1 Å². The SMILES string of the molecule is O=C(Nc1ccc(F)cc1)N1CCc2ccc(Cl)nc2[C@H]1c1ccc(C(F)(F)F)cc1. The Morgan fingerprint density at radius 3 is 2.35 bits per heavy atom. The molecule has 2 aromatic carbocycles. The van der Waals surface area contributed by atoms with Crippen LogP contribution < -0.4 is 5.32 Å². The van der Waals surface area contributed by atoms with E-state index < -0.39 is 29.6 Å². The van der Waals surface area contributed by atoms with Gasteiger partial charge in [0.2, 0.25) is 0 Å². The van der Waals surface area contributed by atoms with Crippen LogP contribution in [-0.4, -0.2) is 22.5 Å². The van der Waals surface area contributed by atoms with Gasteiger partial charge in [-0.15, -0.1) is 0 Å². The number of benzene rings is 2. The minimum Gasteiger partial charge on any atom is -0.311 e. The first-order chi connectivity index (χ1) is 14.7. The molecule has 1 aliphatic rings. The molecule has 31 heavy (non-hydrogen) atoms. The second-order valence-electron chi connectivity index (χ2n) is 7.08. The van der Waals surface area contributed by atoms with Crippen molar-refractivity contribution in [1.82, 2.24) is 9.88 Å². The molecule has 160 valence electrons. The second-order valence-corrected chi connectivity index (χ2v) is 7.47. The number of pyridine rings is 1. The summed E-state index contributed by atoms with van der Waals surface area (Å²) in [6, 6.07) is 12.1. The van der Waals surface area contributed by atoms with Gasteiger partial charge in [-0.25, -0.2) is 14.2 Å². The molecule has 0 bridgehead atoms. The number of halogens is 5. The first-order valence-corrected chi connectivity index (χ1v) is 9.76. The average molecular weight is 450 g/mol. The largest absolute Gasteiger partial charge is 0.416 e. The van der Waals surface area contributed by atoms with Crippen LogP contribution in [0.25, 0.3) is 0 Å². The van der Waals surface area contributed by atoms with E-state index in [0.717, 1.165) is 17.7 Å². The fourth-order valence-corrected chi connectivity index (χ4v) is 3.74. The highest BCUT2D eigenvalue weighted by Gasteiger charge is 2.35. The Bertz CT molecular complexity index is 1100. The van der Waals surface area contributed by atoms with E-state index >= 15 is 0 Å². The van der Waals surface area contributed by atoms with Crippen LogP contribution in [0.2, 0.25) is 5.15 Å². The van der Waals surface area contributed by atoms with E-state index in [1.807, 2.05) is 0 Å². The highest BCUT2D eigenvalue weighted by Crippen LogP contribution is 2.37. The number of rotatable bonds is 2. The molecule has 1 N–H and O–H groups in total. The van der Waals surface area contributed by atoms with Gasteiger partial charge in [0.25, 0.3) is 0 Å². The van der Waals surface area contributed by atoms with Crippen LogP contribution >= 0.6 is 11.6 Å². The standard InChI is InChI=1S/C22H16ClF4N3O/c23-18-10-3-13-11-12-30(21(31)28-17-8-6-16(24)7-9-17)20(19(13)29-18)14-1-4-15(5-2-14)22(25,26)27/h1-10,20H,11-12H2,(H,28,31)/t20-/m1/s1. The summed E-state index contributed by atoms with van der Waals surface area (Å²) in [6.07, 6.45) is -3.96. The van der Waals surface area contributed by atoms with Crippen LogP contribution in [0.15, 0.2) is 60.7 Å². The van der Waals surface area contributed by atoms with Crippen molar-refractivity contribution in [3.63, 3.8) is 0 Å². The van der Waals surface area contributed by atoms with Crippen LogP contribution in [0, 0.1) is 5.82 Å². The Hall–Kier alpha value is -3.13. The summed E-state index contributed by atoms with van der Waals surface area (Å²) in [5, 5.41) is 2.92. The minimum atomic E-state index is -4.47. The normalized spacial score (nSPS) is 16.0. The Labute approximate surface area is 180 Å². The molecule has 4 nitrogen and oxygen atoms in total. The Balaban J connectivity index is 1.71. The molecule has 1 aromatic heterocycles. The maximum absolute atomic E-state index is 13.2. The number of carbonyl (C=O) groups is 1. The van der Waals surface area contributed by atoms with Crippen LogP contribution in [0.3, 0.4) is 0 Å². The van der Waals surface area contributed by atoms with Gasteiger partial charge in [-0.2, -0.15) is 13.2 Å². The Morgan fingerprint density at radius 2 is 1.71 bits per heavy atom. The number of urea groups is 1. The van der Waals surface area contributed by atoms with Gasteiger partial charge in [-0.05, 0) is 60.0 Å². The molecule has 2 amide bonds. The molecule has 2 heterocycles. The van der Waals surface area contributed by atoms with E-state index in [9.17, 15) is 22.4 Å². The zero-order valence-electron chi connectivity index (χ0n) is 16.0. The van der Waals surface area contributed by atoms with Gasteiger partial charge in [0.1, 0.15) is 17.0 Å². The molecule has 0 saturated carbocycles. The predicted octanol–water partition coefficient (Wildman–Crippen LogP) is 6.07. The van der Waals surface area contributed by atoms with E-state index in [0.29, 0.717) is 29.9 Å². The van der Waals surface area contributed by atoms with E-state index in [1.165, 1.54) is 41.3 Å². The molecule has 0 aliphatic carbocycles. The number of amides is 2. The summed E-state index contributed by atoms with van der Waals surface area (Å²) in [5.41, 5.74) is 1.45. The molecule has 3 aromatic rings. The zero-order valence-corrected chi connectivity index (χ0v) is 16.7. The highest BCUT2D eigenvalue weighted by molar-refractivity contribution is 6.29. The van der Waals surface area contributed by atoms with Gasteiger partial charge in [-0.3, -0.25) is 0 Å². The number of nitrogens with one attached hydrogen (secondary N) is 1. The molecular formula is C22H16ClF4N3O. The molecule has 0 radical (unpaired) electrons. The quantitative estimate of drug-likeness (QED) is 0.381. The summed E-state index contributed by atoms with van der Waals surface area (Å²) in [5.74, 6) is -0.439. The van der Waals surface area contributed by atoms with Crippen molar-refractivity contribution in [2.24, 2.45) is 0 Å². The van der Waals surface area contributed by atoms with Crippen molar-refractivity contribution in [1.29, 1.82) is 0 Å². The second kappa shape index (κ2) is 8.19. The third kappa shape index (κ3) is 4.49. The van der Waals surface area contributed by atoms with E-state index in [2.05, 4.69) is 10.3 Å². The summed E-state index contributed by atoms with van der Waals surface area (Å²) in [6.45, 7) is 0.315. The van der Waals surface area contributed by atoms with Gasteiger partial charge < -0.3 is 10.2 Å². The summed E-state index contributed by atoms with van der Waals surface area (Å²) in [7, 11) is 0. The molecule has 1 aliphatic heterocycles. The molecule has 4 rings (SSSR count). The van der Waals surface area contributed by atoms with Crippen LogP contribution in [-0.2, 0) is 12.6 Å². The third-order valence-electron chi connectivity index (χ3n) is 5.08. The molecular weight excluding hydrogens is 434 g/mol. The first kappa shape index (κ1) is 21.1. The molecule has 0 spiro atoms. The smallest absolute Gasteiger partial charge is 0.311 e. The maximum atomic E-state index is 13.2. The van der Waals surface area contributed by atoms with Crippen LogP contribution in [0.4, 0.5) is 28.0 Å². The van der Waals surface area contributed by atoms with E-state index in [-0.39, 0.29) is 5.15 Å². The number of hydrogen-bond acceptors (Lipinski definition) is 2. The summed E-state index contributed by atoms with van der Waals surface area (Å²) in [4.78, 5) is 18.9. The van der Waals surface area contributed by atoms with Gasteiger partial charge >= 0.3 is 12.2 Å². The number of alkyl halides is 3. The fourth-order valence-electron chi connectivity index (χ4n) is 3.58. The molecule has 0 unspecified atom stereocenters. The van der Waals surface area contributed by atoms with Gasteiger partial charge in [0.15, 0.2) is 0 Å². The van der Waals surface area contributed by atoms with Crippen LogP contribution in [0.5, 0.6) is 0 Å². The lowest BCUT2D eigenvalue weighted by molar-refractivity contribution is -0.137. The van der Waals surface area contributed by atoms with Crippen molar-refractivity contribution in [2.75, 3.05) is 11.9 Å². The predicted molar refractivity (Wildman–Crippen MR) is 108 cm³/mol. The monoisotopic (exact) mass is 449 g/mol. The molecule has 0 saturated heterocycles. The summed E-state index contributed by atoms with van der Waals surface area (Å²) < 4.78 is 52.2. The first-order valence-electron chi connectivity index (χ1n) is 9.38. The van der Waals surface area contributed by atoms with Gasteiger partial charge in [0, 0.05) is 12.2 Å². The molecule has 0 fully saturated rings. The fraction of sp³-hybridized carbons (Fsp3) is 0.182. The lowest BCUT2D eigenvalue weighted by Crippen LogP contribution is -2.43. The van der Waals surface area contributed by atoms with Gasteiger partial charge in [0.05, 0.1) is 11.3 Å².